The average Bonchev–Trinajstić information content (AvgIpc) is 3.15. The number of hydrogen-bond acceptors (Lipinski definition) is 5. The fraction of sp³-hybridized carbons (Fsp3) is 0.286. The molecule has 8 heteroatoms. The molecule has 0 N–H and O–H groups in total. The van der Waals surface area contributed by atoms with E-state index in [0.29, 0.717) is 29.0 Å². The molecule has 6 nitrogen and oxygen atoms in total. The van der Waals surface area contributed by atoms with Crippen LogP contribution in [0, 0.1) is 9.49 Å². The van der Waals surface area contributed by atoms with Gasteiger partial charge in [0.05, 0.1) is 0 Å². The lowest BCUT2D eigenvalue weighted by Crippen LogP contribution is -2.37. The molecule has 0 aliphatic carbocycles. The van der Waals surface area contributed by atoms with Crippen LogP contribution in [0.1, 0.15) is 19.7 Å². The third-order valence-corrected chi connectivity index (χ3v) is 4.98. The van der Waals surface area contributed by atoms with E-state index in [1.54, 1.807) is 17.0 Å². The Labute approximate surface area is 188 Å². The summed E-state index contributed by atoms with van der Waals surface area (Å²) in [6.07, 6.45) is 0. The van der Waals surface area contributed by atoms with Gasteiger partial charge in [-0.2, -0.15) is 4.98 Å². The summed E-state index contributed by atoms with van der Waals surface area (Å²) >= 11 is 8.14. The molecule has 0 saturated heterocycles. The molecule has 0 saturated carbocycles. The molecule has 0 unspecified atom stereocenters. The van der Waals surface area contributed by atoms with Gasteiger partial charge in [0.25, 0.3) is 5.91 Å². The maximum Gasteiger partial charge on any atom is 0.260 e. The Morgan fingerprint density at radius 1 is 1.17 bits per heavy atom. The highest BCUT2D eigenvalue weighted by atomic mass is 127. The molecule has 0 atom stereocenters. The van der Waals surface area contributed by atoms with Crippen molar-refractivity contribution in [3.05, 3.63) is 63.0 Å². The number of ether oxygens (including phenoxy) is 1. The van der Waals surface area contributed by atoms with Gasteiger partial charge in [-0.1, -0.05) is 30.6 Å². The van der Waals surface area contributed by atoms with Crippen LogP contribution in [0.3, 0.4) is 0 Å². The molecule has 1 heterocycles. The van der Waals surface area contributed by atoms with Crippen molar-refractivity contribution < 1.29 is 14.1 Å². The highest BCUT2D eigenvalue weighted by molar-refractivity contribution is 14.1. The van der Waals surface area contributed by atoms with Crippen molar-refractivity contribution in [2.75, 3.05) is 13.2 Å². The minimum Gasteiger partial charge on any atom is -0.484 e. The largest absolute Gasteiger partial charge is 0.484 e. The van der Waals surface area contributed by atoms with Crippen LogP contribution in [-0.4, -0.2) is 34.1 Å². The first-order chi connectivity index (χ1) is 13.9. The number of nitrogens with zero attached hydrogens (tertiary/aromatic N) is 3. The molecule has 0 aliphatic rings. The number of benzene rings is 2. The minimum absolute atomic E-state index is 0.0501. The molecule has 1 amide bonds. The summed E-state index contributed by atoms with van der Waals surface area (Å²) in [5.41, 5.74) is 0.799. The van der Waals surface area contributed by atoms with Crippen LogP contribution in [0.15, 0.2) is 53.1 Å². The topological polar surface area (TPSA) is 68.5 Å². The molecule has 0 spiro atoms. The predicted octanol–water partition coefficient (Wildman–Crippen LogP) is 5.06. The van der Waals surface area contributed by atoms with Gasteiger partial charge in [-0.05, 0) is 77.0 Å². The Bertz CT molecular complexity index is 943. The monoisotopic (exact) mass is 525 g/mol. The van der Waals surface area contributed by atoms with Crippen LogP contribution in [0.4, 0.5) is 0 Å². The molecular weight excluding hydrogens is 505 g/mol. The Kier molecular flexibility index (Phi) is 7.49. The van der Waals surface area contributed by atoms with E-state index in [0.717, 1.165) is 9.13 Å². The van der Waals surface area contributed by atoms with Crippen LogP contribution < -0.4 is 4.74 Å². The van der Waals surface area contributed by atoms with Crippen LogP contribution in [-0.2, 0) is 11.3 Å². The second-order valence-corrected chi connectivity index (χ2v) is 8.61. The van der Waals surface area contributed by atoms with E-state index in [1.165, 1.54) is 0 Å². The van der Waals surface area contributed by atoms with Crippen molar-refractivity contribution in [1.82, 2.24) is 15.0 Å². The van der Waals surface area contributed by atoms with E-state index in [1.807, 2.05) is 50.2 Å². The van der Waals surface area contributed by atoms with Crippen molar-refractivity contribution in [3.8, 4) is 17.1 Å². The van der Waals surface area contributed by atoms with Crippen molar-refractivity contribution in [3.63, 3.8) is 0 Å². The van der Waals surface area contributed by atoms with Gasteiger partial charge in [0, 0.05) is 20.7 Å². The number of carbonyl (C=O) groups is 1. The van der Waals surface area contributed by atoms with Gasteiger partial charge in [0.1, 0.15) is 12.3 Å². The van der Waals surface area contributed by atoms with Crippen LogP contribution >= 0.6 is 34.2 Å². The lowest BCUT2D eigenvalue weighted by Gasteiger charge is -2.23. The predicted molar refractivity (Wildman–Crippen MR) is 120 cm³/mol. The fourth-order valence-corrected chi connectivity index (χ4v) is 3.15. The number of carbonyl (C=O) groups excluding carboxylic acids is 1. The van der Waals surface area contributed by atoms with Gasteiger partial charge in [0.2, 0.25) is 11.7 Å². The van der Waals surface area contributed by atoms with E-state index >= 15 is 0 Å². The van der Waals surface area contributed by atoms with Gasteiger partial charge in [-0.3, -0.25) is 4.79 Å². The summed E-state index contributed by atoms with van der Waals surface area (Å²) in [6, 6.07) is 14.7. The van der Waals surface area contributed by atoms with Gasteiger partial charge < -0.3 is 14.2 Å². The number of halogens is 2. The molecule has 0 radical (unpaired) electrons. The smallest absolute Gasteiger partial charge is 0.260 e. The lowest BCUT2D eigenvalue weighted by molar-refractivity contribution is -0.134. The van der Waals surface area contributed by atoms with Crippen LogP contribution in [0.2, 0.25) is 5.02 Å². The number of hydrogen-bond donors (Lipinski definition) is 0. The second kappa shape index (κ2) is 10.1. The second-order valence-electron chi connectivity index (χ2n) is 6.93. The van der Waals surface area contributed by atoms with Crippen molar-refractivity contribution in [2.24, 2.45) is 5.92 Å². The first kappa shape index (κ1) is 21.6. The van der Waals surface area contributed by atoms with E-state index in [2.05, 4.69) is 32.7 Å². The number of rotatable bonds is 8. The fourth-order valence-electron chi connectivity index (χ4n) is 2.66. The van der Waals surface area contributed by atoms with Crippen molar-refractivity contribution >= 4 is 40.1 Å². The molecule has 0 fully saturated rings. The van der Waals surface area contributed by atoms with Crippen LogP contribution in [0.5, 0.6) is 5.75 Å². The molecule has 29 heavy (non-hydrogen) atoms. The van der Waals surface area contributed by atoms with E-state index < -0.39 is 0 Å². The third kappa shape index (κ3) is 6.43. The van der Waals surface area contributed by atoms with Gasteiger partial charge in [0.15, 0.2) is 6.61 Å². The van der Waals surface area contributed by atoms with Crippen molar-refractivity contribution in [2.45, 2.75) is 20.4 Å². The Morgan fingerprint density at radius 2 is 1.86 bits per heavy atom. The Hall–Kier alpha value is -2.13. The SMILES string of the molecule is CC(C)CN(Cc1nc(-c2ccc(Cl)cc2)no1)C(=O)COc1ccc(I)cc1. The zero-order valence-corrected chi connectivity index (χ0v) is 19.1. The van der Waals surface area contributed by atoms with E-state index in [4.69, 9.17) is 20.9 Å². The summed E-state index contributed by atoms with van der Waals surface area (Å²) in [6.45, 7) is 4.84. The average molecular weight is 526 g/mol. The quantitative estimate of drug-likeness (QED) is 0.385. The number of amides is 1. The summed E-state index contributed by atoms with van der Waals surface area (Å²) < 4.78 is 12.1. The van der Waals surface area contributed by atoms with E-state index in [-0.39, 0.29) is 25.0 Å². The highest BCUT2D eigenvalue weighted by Crippen LogP contribution is 2.19. The molecule has 3 aromatic rings. The molecular formula is C21H21ClIN3O3. The summed E-state index contributed by atoms with van der Waals surface area (Å²) in [4.78, 5) is 18.8. The summed E-state index contributed by atoms with van der Waals surface area (Å²) in [5.74, 6) is 1.65. The first-order valence-electron chi connectivity index (χ1n) is 9.15. The number of aromatic nitrogens is 2. The van der Waals surface area contributed by atoms with Gasteiger partial charge >= 0.3 is 0 Å². The van der Waals surface area contributed by atoms with Crippen LogP contribution in [0.25, 0.3) is 11.4 Å². The van der Waals surface area contributed by atoms with Gasteiger partial charge in [-0.25, -0.2) is 0 Å². The highest BCUT2D eigenvalue weighted by Gasteiger charge is 2.20. The molecule has 0 aliphatic heterocycles. The zero-order chi connectivity index (χ0) is 20.8. The summed E-state index contributed by atoms with van der Waals surface area (Å²) in [7, 11) is 0. The Morgan fingerprint density at radius 3 is 2.52 bits per heavy atom. The summed E-state index contributed by atoms with van der Waals surface area (Å²) in [5, 5.41) is 4.65. The standard InChI is InChI=1S/C21H21ClIN3O3/c1-14(2)11-26(20(27)13-28-18-9-7-17(23)8-10-18)12-19-24-21(25-29-19)15-3-5-16(22)6-4-15/h3-10,14H,11-13H2,1-2H3. The Balaban J connectivity index is 1.66. The maximum atomic E-state index is 12.7. The molecule has 3 rings (SSSR count). The minimum atomic E-state index is -0.136. The normalized spacial score (nSPS) is 10.9. The van der Waals surface area contributed by atoms with Crippen molar-refractivity contribution in [1.29, 1.82) is 0 Å². The van der Waals surface area contributed by atoms with E-state index in [9.17, 15) is 4.79 Å². The third-order valence-electron chi connectivity index (χ3n) is 4.01. The molecule has 2 aromatic carbocycles. The molecule has 152 valence electrons. The molecule has 1 aromatic heterocycles. The maximum absolute atomic E-state index is 12.7. The zero-order valence-electron chi connectivity index (χ0n) is 16.1. The van der Waals surface area contributed by atoms with Gasteiger partial charge in [-0.15, -0.1) is 0 Å². The lowest BCUT2D eigenvalue weighted by atomic mass is 10.2. The molecule has 0 bridgehead atoms. The first-order valence-corrected chi connectivity index (χ1v) is 10.6.